The standard InChI is InChI=1S/C12H12FNO2/c13-11-2-1-9(6-14)10(5-11)7-16-12-3-4-15-8-12/h1-2,5,12H,3-4,7-8H2. The highest BCUT2D eigenvalue weighted by molar-refractivity contribution is 5.37. The Balaban J connectivity index is 2.02. The van der Waals surface area contributed by atoms with E-state index in [1.165, 1.54) is 18.2 Å². The van der Waals surface area contributed by atoms with Crippen molar-refractivity contribution in [1.29, 1.82) is 5.26 Å². The quantitative estimate of drug-likeness (QED) is 0.784. The summed E-state index contributed by atoms with van der Waals surface area (Å²) in [4.78, 5) is 0. The van der Waals surface area contributed by atoms with E-state index in [2.05, 4.69) is 0 Å². The SMILES string of the molecule is N#Cc1ccc(F)cc1COC1CCOC1. The summed E-state index contributed by atoms with van der Waals surface area (Å²) in [5.41, 5.74) is 1.05. The molecule has 1 aliphatic rings. The fourth-order valence-corrected chi connectivity index (χ4v) is 1.64. The van der Waals surface area contributed by atoms with Gasteiger partial charge < -0.3 is 9.47 Å². The molecule has 16 heavy (non-hydrogen) atoms. The Bertz CT molecular complexity index is 408. The molecule has 0 aliphatic carbocycles. The lowest BCUT2D eigenvalue weighted by molar-refractivity contribution is 0.0315. The van der Waals surface area contributed by atoms with Gasteiger partial charge in [0.15, 0.2) is 0 Å². The number of rotatable bonds is 3. The first kappa shape index (κ1) is 11.1. The van der Waals surface area contributed by atoms with Crippen LogP contribution in [0.3, 0.4) is 0 Å². The number of benzene rings is 1. The van der Waals surface area contributed by atoms with E-state index >= 15 is 0 Å². The molecule has 3 nitrogen and oxygen atoms in total. The molecular weight excluding hydrogens is 209 g/mol. The van der Waals surface area contributed by atoms with Gasteiger partial charge in [-0.15, -0.1) is 0 Å². The molecule has 1 aliphatic heterocycles. The summed E-state index contributed by atoms with van der Waals surface area (Å²) >= 11 is 0. The molecule has 1 aromatic carbocycles. The third kappa shape index (κ3) is 2.57. The molecule has 0 N–H and O–H groups in total. The Kier molecular flexibility index (Phi) is 3.50. The molecular formula is C12H12FNO2. The van der Waals surface area contributed by atoms with Crippen molar-refractivity contribution in [2.45, 2.75) is 19.1 Å². The van der Waals surface area contributed by atoms with Gasteiger partial charge in [0.2, 0.25) is 0 Å². The molecule has 84 valence electrons. The normalized spacial score (nSPS) is 19.6. The van der Waals surface area contributed by atoms with Crippen LogP contribution in [0.1, 0.15) is 17.5 Å². The lowest BCUT2D eigenvalue weighted by Gasteiger charge is -2.10. The number of hydrogen-bond donors (Lipinski definition) is 0. The second kappa shape index (κ2) is 5.06. The predicted molar refractivity (Wildman–Crippen MR) is 55.1 cm³/mol. The third-order valence-electron chi connectivity index (χ3n) is 2.55. The monoisotopic (exact) mass is 221 g/mol. The van der Waals surface area contributed by atoms with Crippen molar-refractivity contribution in [1.82, 2.24) is 0 Å². The van der Waals surface area contributed by atoms with Crippen molar-refractivity contribution in [3.63, 3.8) is 0 Å². The molecule has 0 bridgehead atoms. The van der Waals surface area contributed by atoms with Crippen LogP contribution < -0.4 is 0 Å². The first-order valence-electron chi connectivity index (χ1n) is 5.17. The fourth-order valence-electron chi connectivity index (χ4n) is 1.64. The fraction of sp³-hybridized carbons (Fsp3) is 0.417. The highest BCUT2D eigenvalue weighted by Crippen LogP contribution is 2.15. The highest BCUT2D eigenvalue weighted by atomic mass is 19.1. The minimum absolute atomic E-state index is 0.0646. The van der Waals surface area contributed by atoms with Gasteiger partial charge in [-0.3, -0.25) is 0 Å². The van der Waals surface area contributed by atoms with E-state index in [4.69, 9.17) is 14.7 Å². The first-order chi connectivity index (χ1) is 7.79. The van der Waals surface area contributed by atoms with E-state index < -0.39 is 0 Å². The van der Waals surface area contributed by atoms with Gasteiger partial charge in [-0.1, -0.05) is 0 Å². The van der Waals surface area contributed by atoms with Gasteiger partial charge in [-0.2, -0.15) is 5.26 Å². The summed E-state index contributed by atoms with van der Waals surface area (Å²) in [6, 6.07) is 6.11. The van der Waals surface area contributed by atoms with Crippen molar-refractivity contribution < 1.29 is 13.9 Å². The summed E-state index contributed by atoms with van der Waals surface area (Å²) in [6.07, 6.45) is 0.923. The maximum absolute atomic E-state index is 13.0. The maximum Gasteiger partial charge on any atom is 0.123 e. The van der Waals surface area contributed by atoms with E-state index in [1.54, 1.807) is 0 Å². The van der Waals surface area contributed by atoms with Gasteiger partial charge in [-0.05, 0) is 30.2 Å². The van der Waals surface area contributed by atoms with Gasteiger partial charge in [0.05, 0.1) is 31.0 Å². The van der Waals surface area contributed by atoms with Crippen LogP contribution in [0.2, 0.25) is 0 Å². The van der Waals surface area contributed by atoms with E-state index in [1.807, 2.05) is 6.07 Å². The minimum Gasteiger partial charge on any atom is -0.379 e. The molecule has 0 radical (unpaired) electrons. The molecule has 0 spiro atoms. The maximum atomic E-state index is 13.0. The third-order valence-corrected chi connectivity index (χ3v) is 2.55. The van der Waals surface area contributed by atoms with E-state index in [0.717, 1.165) is 6.42 Å². The second-order valence-corrected chi connectivity index (χ2v) is 3.71. The molecule has 1 fully saturated rings. The van der Waals surface area contributed by atoms with Crippen LogP contribution in [0.15, 0.2) is 18.2 Å². The number of ether oxygens (including phenoxy) is 2. The van der Waals surface area contributed by atoms with Gasteiger partial charge in [0.25, 0.3) is 0 Å². The van der Waals surface area contributed by atoms with Gasteiger partial charge in [-0.25, -0.2) is 4.39 Å². The first-order valence-corrected chi connectivity index (χ1v) is 5.17. The van der Waals surface area contributed by atoms with Crippen LogP contribution in [-0.4, -0.2) is 19.3 Å². The van der Waals surface area contributed by atoms with Crippen molar-refractivity contribution in [2.24, 2.45) is 0 Å². The zero-order chi connectivity index (χ0) is 11.4. The molecule has 4 heteroatoms. The summed E-state index contributed by atoms with van der Waals surface area (Å²) in [5.74, 6) is -0.347. The highest BCUT2D eigenvalue weighted by Gasteiger charge is 2.16. The summed E-state index contributed by atoms with van der Waals surface area (Å²) in [5, 5.41) is 8.85. The lowest BCUT2D eigenvalue weighted by Crippen LogP contribution is -2.12. The van der Waals surface area contributed by atoms with Crippen LogP contribution in [0, 0.1) is 17.1 Å². The van der Waals surface area contributed by atoms with Crippen LogP contribution in [0.25, 0.3) is 0 Å². The zero-order valence-electron chi connectivity index (χ0n) is 8.78. The lowest BCUT2D eigenvalue weighted by atomic mass is 10.1. The molecule has 0 saturated carbocycles. The average Bonchev–Trinajstić information content (AvgIpc) is 2.79. The Morgan fingerprint density at radius 3 is 3.12 bits per heavy atom. The van der Waals surface area contributed by atoms with E-state index in [9.17, 15) is 4.39 Å². The number of nitriles is 1. The van der Waals surface area contributed by atoms with E-state index in [0.29, 0.717) is 24.3 Å². The molecule has 1 atom stereocenters. The molecule has 1 aromatic rings. The summed E-state index contributed by atoms with van der Waals surface area (Å²) < 4.78 is 23.7. The molecule has 0 aromatic heterocycles. The number of hydrogen-bond acceptors (Lipinski definition) is 3. The topological polar surface area (TPSA) is 42.2 Å². The van der Waals surface area contributed by atoms with Crippen molar-refractivity contribution in [2.75, 3.05) is 13.2 Å². The van der Waals surface area contributed by atoms with Crippen LogP contribution in [0.5, 0.6) is 0 Å². The Morgan fingerprint density at radius 1 is 1.56 bits per heavy atom. The Morgan fingerprint density at radius 2 is 2.44 bits per heavy atom. The Hall–Kier alpha value is -1.44. The zero-order valence-corrected chi connectivity index (χ0v) is 8.78. The largest absolute Gasteiger partial charge is 0.379 e. The van der Waals surface area contributed by atoms with Crippen molar-refractivity contribution >= 4 is 0 Å². The molecule has 2 rings (SSSR count). The molecule has 1 heterocycles. The van der Waals surface area contributed by atoms with Crippen LogP contribution in [0.4, 0.5) is 4.39 Å². The summed E-state index contributed by atoms with van der Waals surface area (Å²) in [6.45, 7) is 1.55. The van der Waals surface area contributed by atoms with Gasteiger partial charge in [0, 0.05) is 6.61 Å². The molecule has 0 amide bonds. The predicted octanol–water partition coefficient (Wildman–Crippen LogP) is 2.00. The smallest absolute Gasteiger partial charge is 0.123 e. The van der Waals surface area contributed by atoms with Crippen molar-refractivity contribution in [3.05, 3.63) is 35.1 Å². The average molecular weight is 221 g/mol. The number of halogens is 1. The van der Waals surface area contributed by atoms with Gasteiger partial charge in [0.1, 0.15) is 5.82 Å². The molecule has 1 unspecified atom stereocenters. The minimum atomic E-state index is -0.347. The second-order valence-electron chi connectivity index (χ2n) is 3.71. The van der Waals surface area contributed by atoms with E-state index in [-0.39, 0.29) is 18.5 Å². The molecule has 1 saturated heterocycles. The van der Waals surface area contributed by atoms with Crippen LogP contribution >= 0.6 is 0 Å². The number of nitrogens with zero attached hydrogens (tertiary/aromatic N) is 1. The van der Waals surface area contributed by atoms with Crippen LogP contribution in [-0.2, 0) is 16.1 Å². The van der Waals surface area contributed by atoms with Gasteiger partial charge >= 0.3 is 0 Å². The van der Waals surface area contributed by atoms with Crippen molar-refractivity contribution in [3.8, 4) is 6.07 Å². The summed E-state index contributed by atoms with van der Waals surface area (Å²) in [7, 11) is 0. The Labute approximate surface area is 93.4 Å².